The van der Waals surface area contributed by atoms with Gasteiger partial charge in [0.25, 0.3) is 5.89 Å². The van der Waals surface area contributed by atoms with Crippen LogP contribution in [0.2, 0.25) is 0 Å². The van der Waals surface area contributed by atoms with Crippen LogP contribution in [0.15, 0.2) is 15.3 Å². The van der Waals surface area contributed by atoms with Crippen LogP contribution in [0.5, 0.6) is 0 Å². The molecule has 4 nitrogen and oxygen atoms in total. The van der Waals surface area contributed by atoms with Gasteiger partial charge in [0, 0.05) is 5.38 Å². The molecule has 0 spiro atoms. The summed E-state index contributed by atoms with van der Waals surface area (Å²) in [4.78, 5) is 4.16. The van der Waals surface area contributed by atoms with E-state index in [0.29, 0.717) is 18.1 Å². The van der Waals surface area contributed by atoms with Crippen molar-refractivity contribution in [1.29, 1.82) is 0 Å². The van der Waals surface area contributed by atoms with E-state index in [9.17, 15) is 5.11 Å². The smallest absolute Gasteiger partial charge is 0.259 e. The summed E-state index contributed by atoms with van der Waals surface area (Å²) in [5.41, 5.74) is 2.06. The lowest BCUT2D eigenvalue weighted by Gasteiger charge is -1.98. The van der Waals surface area contributed by atoms with Gasteiger partial charge in [-0.3, -0.25) is 0 Å². The van der Waals surface area contributed by atoms with Crippen LogP contribution in [0.4, 0.5) is 0 Å². The zero-order valence-corrected chi connectivity index (χ0v) is 9.41. The van der Waals surface area contributed by atoms with Crippen molar-refractivity contribution in [2.24, 2.45) is 0 Å². The summed E-state index contributed by atoms with van der Waals surface area (Å²) in [6.07, 6.45) is -0.0526. The molecular formula is C10H12N2O2S. The Morgan fingerprint density at radius 1 is 1.53 bits per heavy atom. The van der Waals surface area contributed by atoms with E-state index < -0.39 is 6.10 Å². The first-order chi connectivity index (χ1) is 7.22. The molecule has 0 saturated heterocycles. The Bertz CT molecular complexity index is 450. The topological polar surface area (TPSA) is 59.2 Å². The van der Waals surface area contributed by atoms with Crippen molar-refractivity contribution in [2.45, 2.75) is 26.4 Å². The molecule has 2 aromatic heterocycles. The first kappa shape index (κ1) is 10.3. The fourth-order valence-corrected chi connectivity index (χ4v) is 2.06. The van der Waals surface area contributed by atoms with Crippen LogP contribution in [-0.4, -0.2) is 15.2 Å². The van der Waals surface area contributed by atoms with Gasteiger partial charge in [-0.2, -0.15) is 16.3 Å². The molecule has 1 unspecified atom stereocenters. The number of nitrogens with zero attached hydrogens (tertiary/aromatic N) is 2. The minimum atomic E-state index is -0.638. The number of rotatable bonds is 3. The summed E-state index contributed by atoms with van der Waals surface area (Å²) in [5.74, 6) is 0.842. The van der Waals surface area contributed by atoms with Crippen LogP contribution in [0.25, 0.3) is 11.5 Å². The van der Waals surface area contributed by atoms with Gasteiger partial charge in [0.15, 0.2) is 0 Å². The molecule has 2 rings (SSSR count). The Kier molecular flexibility index (Phi) is 2.83. The number of hydrogen-bond acceptors (Lipinski definition) is 5. The highest BCUT2D eigenvalue weighted by Gasteiger charge is 2.16. The molecule has 5 heteroatoms. The SMILES string of the molecule is CCC(O)c1noc(-c2cscc2C)n1. The van der Waals surface area contributed by atoms with Crippen molar-refractivity contribution >= 4 is 11.3 Å². The molecule has 15 heavy (non-hydrogen) atoms. The van der Waals surface area contributed by atoms with Crippen molar-refractivity contribution in [1.82, 2.24) is 10.1 Å². The zero-order chi connectivity index (χ0) is 10.8. The summed E-state index contributed by atoms with van der Waals surface area (Å²) in [6.45, 7) is 3.86. The number of aromatic nitrogens is 2. The summed E-state index contributed by atoms with van der Waals surface area (Å²) < 4.78 is 5.10. The van der Waals surface area contributed by atoms with Crippen LogP contribution in [0.3, 0.4) is 0 Å². The number of hydrogen-bond donors (Lipinski definition) is 1. The van der Waals surface area contributed by atoms with Gasteiger partial charge >= 0.3 is 0 Å². The summed E-state index contributed by atoms with van der Waals surface area (Å²) in [7, 11) is 0. The van der Waals surface area contributed by atoms with E-state index in [1.165, 1.54) is 0 Å². The van der Waals surface area contributed by atoms with E-state index in [1.807, 2.05) is 24.6 Å². The van der Waals surface area contributed by atoms with Crippen molar-refractivity contribution in [2.75, 3.05) is 0 Å². The molecule has 0 bridgehead atoms. The highest BCUT2D eigenvalue weighted by atomic mass is 32.1. The van der Waals surface area contributed by atoms with Crippen LogP contribution >= 0.6 is 11.3 Å². The lowest BCUT2D eigenvalue weighted by molar-refractivity contribution is 0.159. The largest absolute Gasteiger partial charge is 0.385 e. The molecule has 0 saturated carbocycles. The highest BCUT2D eigenvalue weighted by Crippen LogP contribution is 2.26. The summed E-state index contributed by atoms with van der Waals surface area (Å²) >= 11 is 1.59. The van der Waals surface area contributed by atoms with Crippen molar-refractivity contribution in [3.8, 4) is 11.5 Å². The standard InChI is InChI=1S/C10H12N2O2S/c1-3-8(13)9-11-10(14-12-9)7-5-15-4-6(7)2/h4-5,8,13H,3H2,1-2H3. The molecule has 0 amide bonds. The maximum atomic E-state index is 9.53. The van der Waals surface area contributed by atoms with Gasteiger partial charge < -0.3 is 9.63 Å². The normalized spacial score (nSPS) is 13.0. The molecule has 2 aromatic rings. The zero-order valence-electron chi connectivity index (χ0n) is 8.60. The highest BCUT2D eigenvalue weighted by molar-refractivity contribution is 7.08. The van der Waals surface area contributed by atoms with Crippen LogP contribution in [0.1, 0.15) is 30.8 Å². The van der Waals surface area contributed by atoms with E-state index in [0.717, 1.165) is 11.1 Å². The second-order valence-corrected chi connectivity index (χ2v) is 4.09. The first-order valence-corrected chi connectivity index (χ1v) is 5.71. The second-order valence-electron chi connectivity index (χ2n) is 3.35. The molecular weight excluding hydrogens is 212 g/mol. The third kappa shape index (κ3) is 1.93. The third-order valence-electron chi connectivity index (χ3n) is 2.21. The second kappa shape index (κ2) is 4.12. The lowest BCUT2D eigenvalue weighted by Crippen LogP contribution is -1.97. The predicted molar refractivity (Wildman–Crippen MR) is 57.6 cm³/mol. The molecule has 0 aliphatic carbocycles. The van der Waals surface area contributed by atoms with Gasteiger partial charge in [0.05, 0.1) is 5.56 Å². The van der Waals surface area contributed by atoms with Gasteiger partial charge in [0.1, 0.15) is 6.10 Å². The molecule has 0 radical (unpaired) electrons. The Labute approximate surface area is 91.6 Å². The molecule has 1 atom stereocenters. The van der Waals surface area contributed by atoms with E-state index in [-0.39, 0.29) is 0 Å². The Hall–Kier alpha value is -1.20. The molecule has 0 aliphatic heterocycles. The van der Waals surface area contributed by atoms with Crippen molar-refractivity contribution in [3.05, 3.63) is 22.1 Å². The van der Waals surface area contributed by atoms with E-state index in [2.05, 4.69) is 10.1 Å². The van der Waals surface area contributed by atoms with E-state index in [1.54, 1.807) is 11.3 Å². The maximum absolute atomic E-state index is 9.53. The van der Waals surface area contributed by atoms with E-state index in [4.69, 9.17) is 4.52 Å². The third-order valence-corrected chi connectivity index (χ3v) is 3.07. The van der Waals surface area contributed by atoms with Gasteiger partial charge in [-0.1, -0.05) is 12.1 Å². The van der Waals surface area contributed by atoms with Crippen LogP contribution < -0.4 is 0 Å². The number of aliphatic hydroxyl groups excluding tert-OH is 1. The molecule has 1 N–H and O–H groups in total. The van der Waals surface area contributed by atoms with Gasteiger partial charge in [-0.15, -0.1) is 0 Å². The average molecular weight is 224 g/mol. The molecule has 2 heterocycles. The molecule has 0 aromatic carbocycles. The first-order valence-electron chi connectivity index (χ1n) is 4.77. The van der Waals surface area contributed by atoms with Crippen LogP contribution in [-0.2, 0) is 0 Å². The molecule has 80 valence electrons. The molecule has 0 aliphatic rings. The Morgan fingerprint density at radius 3 is 2.93 bits per heavy atom. The maximum Gasteiger partial charge on any atom is 0.259 e. The quantitative estimate of drug-likeness (QED) is 0.870. The summed E-state index contributed by atoms with van der Waals surface area (Å²) in [6, 6.07) is 0. The number of aryl methyl sites for hydroxylation is 1. The van der Waals surface area contributed by atoms with E-state index >= 15 is 0 Å². The van der Waals surface area contributed by atoms with Gasteiger partial charge in [0.2, 0.25) is 5.82 Å². The Morgan fingerprint density at radius 2 is 2.33 bits per heavy atom. The predicted octanol–water partition coefficient (Wildman–Crippen LogP) is 2.55. The van der Waals surface area contributed by atoms with Crippen molar-refractivity contribution in [3.63, 3.8) is 0 Å². The Balaban J connectivity index is 2.32. The average Bonchev–Trinajstić information content (AvgIpc) is 2.84. The minimum Gasteiger partial charge on any atom is -0.385 e. The number of aliphatic hydroxyl groups is 1. The monoisotopic (exact) mass is 224 g/mol. The van der Waals surface area contributed by atoms with Gasteiger partial charge in [-0.05, 0) is 24.3 Å². The molecule has 0 fully saturated rings. The lowest BCUT2D eigenvalue weighted by atomic mass is 10.2. The van der Waals surface area contributed by atoms with Crippen LogP contribution in [0, 0.1) is 6.92 Å². The number of thiophene rings is 1. The minimum absolute atomic E-state index is 0.359. The fraction of sp³-hybridized carbons (Fsp3) is 0.400. The van der Waals surface area contributed by atoms with Gasteiger partial charge in [-0.25, -0.2) is 0 Å². The van der Waals surface area contributed by atoms with Crippen molar-refractivity contribution < 1.29 is 9.63 Å². The fourth-order valence-electron chi connectivity index (χ4n) is 1.24. The summed E-state index contributed by atoms with van der Waals surface area (Å²) in [5, 5.41) is 17.3.